The molecule has 0 bridgehead atoms. The lowest BCUT2D eigenvalue weighted by molar-refractivity contribution is 0.251. The summed E-state index contributed by atoms with van der Waals surface area (Å²) < 4.78 is 21.2. The van der Waals surface area contributed by atoms with Gasteiger partial charge in [0.25, 0.3) is 0 Å². The van der Waals surface area contributed by atoms with Gasteiger partial charge in [-0.1, -0.05) is 12.6 Å². The molecule has 0 saturated heterocycles. The second-order valence-electron chi connectivity index (χ2n) is 5.12. The second kappa shape index (κ2) is 13.7. The number of hydrogen-bond acceptors (Lipinski definition) is 4. The van der Waals surface area contributed by atoms with Crippen molar-refractivity contribution in [2.75, 3.05) is 28.4 Å². The van der Waals surface area contributed by atoms with Crippen LogP contribution in [0.5, 0.6) is 0 Å². The average molecular weight is 412 g/mol. The summed E-state index contributed by atoms with van der Waals surface area (Å²) >= 11 is 11.4. The quantitative estimate of drug-likeness (QED) is 0.409. The van der Waals surface area contributed by atoms with Gasteiger partial charge in [-0.15, -0.1) is 0 Å². The summed E-state index contributed by atoms with van der Waals surface area (Å²) in [4.78, 5) is 0. The minimum Gasteiger partial charge on any atom is -0.398 e. The van der Waals surface area contributed by atoms with Gasteiger partial charge < -0.3 is 17.7 Å². The summed E-state index contributed by atoms with van der Waals surface area (Å²) in [5, 5.41) is 0. The molecule has 0 rings (SSSR count). The maximum absolute atomic E-state index is 5.71. The summed E-state index contributed by atoms with van der Waals surface area (Å²) in [5.41, 5.74) is 0. The summed E-state index contributed by atoms with van der Waals surface area (Å²) in [7, 11) is 2.00. The van der Waals surface area contributed by atoms with Crippen molar-refractivity contribution in [3.8, 4) is 0 Å². The van der Waals surface area contributed by atoms with Gasteiger partial charge in [-0.05, 0) is 31.2 Å². The Morgan fingerprint density at radius 2 is 1.24 bits per heavy atom. The molecule has 0 aliphatic rings. The molecule has 21 heavy (non-hydrogen) atoms. The van der Waals surface area contributed by atoms with E-state index in [1.165, 1.54) is 12.1 Å². The first-order chi connectivity index (χ1) is 9.72. The van der Waals surface area contributed by atoms with Gasteiger partial charge in [0.2, 0.25) is 7.42 Å². The average Bonchev–Trinajstić information content (AvgIpc) is 2.50. The molecule has 10 heteroatoms. The van der Waals surface area contributed by atoms with Crippen LogP contribution >= 0.6 is 22.2 Å². The van der Waals surface area contributed by atoms with Crippen molar-refractivity contribution in [1.29, 1.82) is 0 Å². The zero-order valence-electron chi connectivity index (χ0n) is 14.5. The largest absolute Gasteiger partial charge is 0.398 e. The molecule has 0 N–H and O–H groups in total. The van der Waals surface area contributed by atoms with E-state index in [2.05, 4.69) is 13.1 Å². The molecule has 0 heterocycles. The molecular weight excluding hydrogens is 379 g/mol. The van der Waals surface area contributed by atoms with E-state index >= 15 is 0 Å². The molecule has 0 aromatic carbocycles. The fourth-order valence-electron chi connectivity index (χ4n) is 1.44. The highest BCUT2D eigenvalue weighted by molar-refractivity contribution is 7.33. The predicted molar refractivity (Wildman–Crippen MR) is 104 cm³/mol. The highest BCUT2D eigenvalue weighted by Crippen LogP contribution is 2.18. The molecule has 0 aromatic heterocycles. The van der Waals surface area contributed by atoms with Gasteiger partial charge in [0.15, 0.2) is 0 Å². The van der Waals surface area contributed by atoms with E-state index in [0.29, 0.717) is 0 Å². The van der Waals surface area contributed by atoms with E-state index < -0.39 is 24.5 Å². The van der Waals surface area contributed by atoms with Crippen molar-refractivity contribution in [2.45, 2.75) is 43.8 Å². The van der Waals surface area contributed by atoms with Crippen molar-refractivity contribution >= 4 is 56.2 Å². The van der Waals surface area contributed by atoms with Crippen LogP contribution in [0.2, 0.25) is 43.8 Å². The number of halogens is 2. The van der Waals surface area contributed by atoms with E-state index in [1.807, 2.05) is 6.55 Å². The first kappa shape index (κ1) is 24.5. The van der Waals surface area contributed by atoms with Gasteiger partial charge in [0.05, 0.1) is 0 Å². The smallest absolute Gasteiger partial charge is 0.334 e. The van der Waals surface area contributed by atoms with E-state index in [9.17, 15) is 0 Å². The highest BCUT2D eigenvalue weighted by atomic mass is 35.7. The fraction of sp³-hybridized carbons (Fsp3) is 1.00. The van der Waals surface area contributed by atoms with Crippen LogP contribution in [-0.2, 0) is 17.7 Å². The Morgan fingerprint density at radius 3 is 1.52 bits per heavy atom. The van der Waals surface area contributed by atoms with Crippen molar-refractivity contribution in [2.24, 2.45) is 0 Å². The van der Waals surface area contributed by atoms with Gasteiger partial charge in [0, 0.05) is 38.0 Å². The highest BCUT2D eigenvalue weighted by Gasteiger charge is 2.29. The van der Waals surface area contributed by atoms with E-state index in [1.54, 1.807) is 28.4 Å². The molecule has 0 saturated carbocycles. The maximum atomic E-state index is 5.71. The van der Waals surface area contributed by atoms with Crippen LogP contribution in [0.3, 0.4) is 0 Å². The zero-order chi connectivity index (χ0) is 16.9. The van der Waals surface area contributed by atoms with Gasteiger partial charge in [-0.2, -0.15) is 22.2 Å². The van der Waals surface area contributed by atoms with Crippen LogP contribution in [0.25, 0.3) is 0 Å². The molecule has 0 aromatic rings. The van der Waals surface area contributed by atoms with Gasteiger partial charge in [0.1, 0.15) is 0 Å². The molecule has 130 valence electrons. The molecule has 0 spiro atoms. The normalized spacial score (nSPS) is 12.9. The number of rotatable bonds is 10. The standard InChI is InChI=1S/C6H18O2Si2.C5H14Cl2O2Si2/c1-7-10(4,8-2)6-5-9-3;1-8-11(3,9-2)5-4-10(6)7/h5-6,9H2,1-4H3;10H,4-5H2,1-3H3. The third-order valence-electron chi connectivity index (χ3n) is 3.53. The minimum atomic E-state index is -1.89. The van der Waals surface area contributed by atoms with E-state index in [4.69, 9.17) is 39.9 Å². The Bertz CT molecular complexity index is 242. The first-order valence-corrected chi connectivity index (χ1v) is 19.0. The molecule has 0 radical (unpaired) electrons. The van der Waals surface area contributed by atoms with Gasteiger partial charge >= 0.3 is 17.1 Å². The monoisotopic (exact) mass is 410 g/mol. The molecule has 0 atom stereocenters. The van der Waals surface area contributed by atoms with Crippen LogP contribution in [-0.4, -0.2) is 62.5 Å². The molecule has 0 fully saturated rings. The Labute approximate surface area is 146 Å². The predicted octanol–water partition coefficient (Wildman–Crippen LogP) is 3.04. The zero-order valence-corrected chi connectivity index (χ0v) is 20.6. The van der Waals surface area contributed by atoms with Crippen LogP contribution < -0.4 is 0 Å². The van der Waals surface area contributed by atoms with Crippen molar-refractivity contribution in [1.82, 2.24) is 0 Å². The van der Waals surface area contributed by atoms with E-state index in [0.717, 1.165) is 12.1 Å². The molecule has 0 unspecified atom stereocenters. The minimum absolute atomic E-state index is 0.190. The summed E-state index contributed by atoms with van der Waals surface area (Å²) in [6.07, 6.45) is 0. The lowest BCUT2D eigenvalue weighted by Crippen LogP contribution is -2.36. The van der Waals surface area contributed by atoms with Crippen molar-refractivity contribution in [3.05, 3.63) is 0 Å². The summed E-state index contributed by atoms with van der Waals surface area (Å²) in [6, 6.07) is 4.28. The maximum Gasteiger partial charge on any atom is 0.334 e. The van der Waals surface area contributed by atoms with Crippen LogP contribution in [0.4, 0.5) is 0 Å². The lowest BCUT2D eigenvalue weighted by Gasteiger charge is -2.22. The van der Waals surface area contributed by atoms with Crippen LogP contribution in [0, 0.1) is 0 Å². The second-order valence-corrected chi connectivity index (χ2v) is 19.2. The van der Waals surface area contributed by atoms with Gasteiger partial charge in [-0.25, -0.2) is 0 Å². The summed E-state index contributed by atoms with van der Waals surface area (Å²) in [6.45, 7) is 6.45. The molecule has 0 aliphatic heterocycles. The molecule has 0 aliphatic carbocycles. The van der Waals surface area contributed by atoms with Gasteiger partial charge in [-0.3, -0.25) is 0 Å². The lowest BCUT2D eigenvalue weighted by atomic mass is 10.9. The SMILES string of the molecule is CO[Si](C)(CC[SiH2]C)OC.CO[Si](C)(CC[SiH](Cl)Cl)OC. The first-order valence-electron chi connectivity index (χ1n) is 7.21. The fourth-order valence-corrected chi connectivity index (χ4v) is 11.5. The van der Waals surface area contributed by atoms with Crippen molar-refractivity contribution < 1.29 is 17.7 Å². The third kappa shape index (κ3) is 13.4. The van der Waals surface area contributed by atoms with Crippen LogP contribution in [0.15, 0.2) is 0 Å². The Morgan fingerprint density at radius 1 is 0.857 bits per heavy atom. The topological polar surface area (TPSA) is 36.9 Å². The number of hydrogen-bond donors (Lipinski definition) is 0. The molecule has 0 amide bonds. The summed E-state index contributed by atoms with van der Waals surface area (Å²) in [5.74, 6) is 0. The van der Waals surface area contributed by atoms with E-state index in [-0.39, 0.29) is 9.52 Å². The molecular formula is C11H32Cl2O4Si4. The van der Waals surface area contributed by atoms with Crippen molar-refractivity contribution in [3.63, 3.8) is 0 Å². The third-order valence-corrected chi connectivity index (χ3v) is 13.8. The Hall–Kier alpha value is 1.29. The molecule has 4 nitrogen and oxygen atoms in total. The Kier molecular flexibility index (Phi) is 16.0. The van der Waals surface area contributed by atoms with Crippen LogP contribution in [0.1, 0.15) is 0 Å². The Balaban J connectivity index is 0.